The maximum absolute atomic E-state index is 6.35. The molecule has 0 amide bonds. The Bertz CT molecular complexity index is 593. The molecule has 0 saturated carbocycles. The summed E-state index contributed by atoms with van der Waals surface area (Å²) in [5, 5.41) is 2.82. The van der Waals surface area contributed by atoms with Crippen LogP contribution >= 0.6 is 22.9 Å². The van der Waals surface area contributed by atoms with Gasteiger partial charge in [0.2, 0.25) is 0 Å². The minimum Gasteiger partial charge on any atom is -0.493 e. The summed E-state index contributed by atoms with van der Waals surface area (Å²) in [4.78, 5) is 1.01. The molecule has 1 atom stereocenters. The van der Waals surface area contributed by atoms with E-state index < -0.39 is 0 Å². The van der Waals surface area contributed by atoms with Gasteiger partial charge in [0.15, 0.2) is 0 Å². The van der Waals surface area contributed by atoms with Crippen LogP contribution in [0.4, 0.5) is 0 Å². The fourth-order valence-electron chi connectivity index (χ4n) is 2.29. The molecule has 0 aliphatic carbocycles. The van der Waals surface area contributed by atoms with E-state index in [9.17, 15) is 0 Å². The molecule has 18 heavy (non-hydrogen) atoms. The predicted molar refractivity (Wildman–Crippen MR) is 75.7 cm³/mol. The maximum atomic E-state index is 6.35. The Morgan fingerprint density at radius 1 is 1.44 bits per heavy atom. The van der Waals surface area contributed by atoms with Gasteiger partial charge in [0.05, 0.1) is 17.7 Å². The average Bonchev–Trinajstić information content (AvgIpc) is 2.96. The first-order valence-electron chi connectivity index (χ1n) is 5.92. The second-order valence-electron chi connectivity index (χ2n) is 4.51. The van der Waals surface area contributed by atoms with Crippen molar-refractivity contribution in [3.8, 4) is 5.75 Å². The fraction of sp³-hybridized carbons (Fsp3) is 0.286. The number of nitrogens with two attached hydrogens (primary N) is 1. The smallest absolute Gasteiger partial charge is 0.127 e. The van der Waals surface area contributed by atoms with E-state index in [1.807, 2.05) is 24.4 Å². The second kappa shape index (κ2) is 4.57. The summed E-state index contributed by atoms with van der Waals surface area (Å²) < 4.78 is 5.70. The van der Waals surface area contributed by atoms with Gasteiger partial charge in [-0.15, -0.1) is 11.3 Å². The van der Waals surface area contributed by atoms with Crippen LogP contribution in [0.5, 0.6) is 5.75 Å². The van der Waals surface area contributed by atoms with Gasteiger partial charge in [-0.05, 0) is 23.4 Å². The lowest BCUT2D eigenvalue weighted by molar-refractivity contribution is 0.352. The van der Waals surface area contributed by atoms with Crippen molar-refractivity contribution >= 4 is 22.9 Å². The summed E-state index contributed by atoms with van der Waals surface area (Å²) in [5.74, 6) is 0.951. The number of para-hydroxylation sites is 1. The summed E-state index contributed by atoms with van der Waals surface area (Å²) in [5.41, 5.74) is 9.71. The van der Waals surface area contributed by atoms with Crippen molar-refractivity contribution in [2.24, 2.45) is 5.73 Å². The van der Waals surface area contributed by atoms with Crippen LogP contribution < -0.4 is 10.5 Å². The summed E-state index contributed by atoms with van der Waals surface area (Å²) in [6, 6.07) is 5.96. The Hall–Kier alpha value is -1.03. The Morgan fingerprint density at radius 3 is 3.00 bits per heavy atom. The summed E-state index contributed by atoms with van der Waals surface area (Å²) >= 11 is 7.91. The monoisotopic (exact) mass is 279 g/mol. The van der Waals surface area contributed by atoms with Crippen molar-refractivity contribution in [1.29, 1.82) is 0 Å². The van der Waals surface area contributed by atoms with Crippen LogP contribution in [0.1, 0.15) is 27.6 Å². The van der Waals surface area contributed by atoms with Crippen molar-refractivity contribution in [3.05, 3.63) is 50.2 Å². The number of aryl methyl sites for hydroxylation is 1. The molecule has 0 fully saturated rings. The highest BCUT2D eigenvalue weighted by Gasteiger charge is 2.23. The van der Waals surface area contributed by atoms with Crippen LogP contribution in [0.3, 0.4) is 0 Å². The van der Waals surface area contributed by atoms with E-state index in [1.165, 1.54) is 5.56 Å². The minimum atomic E-state index is -0.204. The van der Waals surface area contributed by atoms with Gasteiger partial charge >= 0.3 is 0 Å². The fourth-order valence-corrected chi connectivity index (χ4v) is 3.62. The number of ether oxygens (including phenoxy) is 1. The van der Waals surface area contributed by atoms with Gasteiger partial charge < -0.3 is 10.5 Å². The summed E-state index contributed by atoms with van der Waals surface area (Å²) in [6.07, 6.45) is 0.965. The lowest BCUT2D eigenvalue weighted by atomic mass is 10.0. The molecule has 0 radical (unpaired) electrons. The largest absolute Gasteiger partial charge is 0.493 e. The van der Waals surface area contributed by atoms with Crippen LogP contribution in [-0.2, 0) is 6.42 Å². The zero-order valence-corrected chi connectivity index (χ0v) is 11.6. The second-order valence-corrected chi connectivity index (χ2v) is 5.80. The molecule has 0 spiro atoms. The third kappa shape index (κ3) is 1.83. The summed E-state index contributed by atoms with van der Waals surface area (Å²) in [7, 11) is 0. The predicted octanol–water partition coefficient (Wildman–Crippen LogP) is 3.69. The molecule has 1 unspecified atom stereocenters. The van der Waals surface area contributed by atoms with Crippen molar-refractivity contribution in [3.63, 3.8) is 0 Å². The molecule has 2 heterocycles. The molecule has 94 valence electrons. The minimum absolute atomic E-state index is 0.204. The quantitative estimate of drug-likeness (QED) is 0.910. The van der Waals surface area contributed by atoms with E-state index in [2.05, 4.69) is 6.07 Å². The Labute approximate surface area is 115 Å². The molecule has 1 aromatic heterocycles. The van der Waals surface area contributed by atoms with E-state index in [4.69, 9.17) is 22.1 Å². The van der Waals surface area contributed by atoms with Crippen LogP contribution in [0, 0.1) is 6.92 Å². The average molecular weight is 280 g/mol. The van der Waals surface area contributed by atoms with Crippen LogP contribution in [0.2, 0.25) is 5.02 Å². The first kappa shape index (κ1) is 12.0. The normalized spacial score (nSPS) is 15.3. The SMILES string of the molecule is Cc1csc(C(N)c2cccc3c2OCC3)c1Cl. The highest BCUT2D eigenvalue weighted by atomic mass is 35.5. The molecule has 1 aliphatic heterocycles. The van der Waals surface area contributed by atoms with Gasteiger partial charge in [0.1, 0.15) is 5.75 Å². The highest BCUT2D eigenvalue weighted by molar-refractivity contribution is 7.10. The van der Waals surface area contributed by atoms with Gasteiger partial charge in [0.25, 0.3) is 0 Å². The summed E-state index contributed by atoms with van der Waals surface area (Å²) in [6.45, 7) is 2.75. The Balaban J connectivity index is 2.05. The molecule has 0 bridgehead atoms. The molecule has 4 heteroatoms. The molecule has 3 rings (SSSR count). The van der Waals surface area contributed by atoms with Crippen molar-refractivity contribution in [1.82, 2.24) is 0 Å². The van der Waals surface area contributed by atoms with Gasteiger partial charge in [-0.3, -0.25) is 0 Å². The van der Waals surface area contributed by atoms with E-state index in [0.29, 0.717) is 0 Å². The molecule has 1 aliphatic rings. The number of rotatable bonds is 2. The van der Waals surface area contributed by atoms with Crippen molar-refractivity contribution in [2.45, 2.75) is 19.4 Å². The Kier molecular flexibility index (Phi) is 3.06. The number of hydrogen-bond acceptors (Lipinski definition) is 3. The Morgan fingerprint density at radius 2 is 2.28 bits per heavy atom. The number of halogens is 1. The van der Waals surface area contributed by atoms with E-state index in [0.717, 1.165) is 39.8 Å². The first-order valence-corrected chi connectivity index (χ1v) is 7.18. The lowest BCUT2D eigenvalue weighted by Gasteiger charge is -2.14. The molecule has 1 aromatic carbocycles. The number of hydrogen-bond donors (Lipinski definition) is 1. The van der Waals surface area contributed by atoms with Gasteiger partial charge in [-0.1, -0.05) is 29.8 Å². The van der Waals surface area contributed by atoms with Crippen LogP contribution in [0.25, 0.3) is 0 Å². The number of fused-ring (bicyclic) bond motifs is 1. The standard InChI is InChI=1S/C14H14ClNOS/c1-8-7-18-14(11(8)15)12(16)10-4-2-3-9-5-6-17-13(9)10/h2-4,7,12H,5-6,16H2,1H3. The molecule has 2 N–H and O–H groups in total. The molecule has 2 aromatic rings. The van der Waals surface area contributed by atoms with E-state index in [-0.39, 0.29) is 6.04 Å². The third-order valence-electron chi connectivity index (χ3n) is 3.29. The molecular weight excluding hydrogens is 266 g/mol. The molecule has 2 nitrogen and oxygen atoms in total. The van der Waals surface area contributed by atoms with Gasteiger partial charge in [-0.25, -0.2) is 0 Å². The highest BCUT2D eigenvalue weighted by Crippen LogP contribution is 2.40. The lowest BCUT2D eigenvalue weighted by Crippen LogP contribution is -2.12. The van der Waals surface area contributed by atoms with Crippen molar-refractivity contribution in [2.75, 3.05) is 6.61 Å². The maximum Gasteiger partial charge on any atom is 0.127 e. The van der Waals surface area contributed by atoms with Crippen LogP contribution in [0.15, 0.2) is 23.6 Å². The van der Waals surface area contributed by atoms with Gasteiger partial charge in [-0.2, -0.15) is 0 Å². The first-order chi connectivity index (χ1) is 8.68. The zero-order valence-electron chi connectivity index (χ0n) is 10.1. The topological polar surface area (TPSA) is 35.2 Å². The van der Waals surface area contributed by atoms with Crippen LogP contribution in [-0.4, -0.2) is 6.61 Å². The van der Waals surface area contributed by atoms with E-state index in [1.54, 1.807) is 11.3 Å². The zero-order chi connectivity index (χ0) is 12.7. The molecular formula is C14H14ClNOS. The van der Waals surface area contributed by atoms with Gasteiger partial charge in [0, 0.05) is 16.9 Å². The number of benzene rings is 1. The number of thiophene rings is 1. The molecule has 0 saturated heterocycles. The van der Waals surface area contributed by atoms with Crippen molar-refractivity contribution < 1.29 is 4.74 Å². The van der Waals surface area contributed by atoms with E-state index >= 15 is 0 Å². The third-order valence-corrected chi connectivity index (χ3v) is 5.08.